The number of pyridine rings is 1. The van der Waals surface area contributed by atoms with Gasteiger partial charge in [-0.3, -0.25) is 14.7 Å². The first-order chi connectivity index (χ1) is 11.6. The summed E-state index contributed by atoms with van der Waals surface area (Å²) in [6.07, 6.45) is 7.28. The van der Waals surface area contributed by atoms with Crippen LogP contribution in [-0.4, -0.2) is 58.9 Å². The number of urea groups is 1. The lowest BCUT2D eigenvalue weighted by Gasteiger charge is -2.33. The molecule has 1 aromatic rings. The van der Waals surface area contributed by atoms with Crippen LogP contribution in [0.4, 0.5) is 4.79 Å². The van der Waals surface area contributed by atoms with Gasteiger partial charge in [-0.25, -0.2) is 4.79 Å². The van der Waals surface area contributed by atoms with Crippen molar-refractivity contribution >= 4 is 11.9 Å². The Kier molecular flexibility index (Phi) is 5.30. The lowest BCUT2D eigenvalue weighted by Crippen LogP contribution is -2.50. The molecule has 3 heterocycles. The van der Waals surface area contributed by atoms with Gasteiger partial charge < -0.3 is 16.0 Å². The molecule has 2 aliphatic rings. The highest BCUT2D eigenvalue weighted by molar-refractivity contribution is 5.76. The van der Waals surface area contributed by atoms with Crippen LogP contribution >= 0.6 is 0 Å². The number of carbonyl (C=O) groups excluding carboxylic acids is 2. The van der Waals surface area contributed by atoms with Gasteiger partial charge in [-0.2, -0.15) is 0 Å². The van der Waals surface area contributed by atoms with E-state index in [0.717, 1.165) is 50.9 Å². The molecular formula is C17H25N5O2. The summed E-state index contributed by atoms with van der Waals surface area (Å²) in [7, 11) is 0. The number of hydrogen-bond donors (Lipinski definition) is 2. The van der Waals surface area contributed by atoms with E-state index in [9.17, 15) is 9.59 Å². The highest BCUT2D eigenvalue weighted by atomic mass is 16.2. The third-order valence-corrected chi connectivity index (χ3v) is 4.90. The van der Waals surface area contributed by atoms with Crippen molar-refractivity contribution in [2.45, 2.75) is 37.8 Å². The van der Waals surface area contributed by atoms with Crippen LogP contribution in [0.5, 0.6) is 0 Å². The van der Waals surface area contributed by atoms with E-state index < -0.39 is 0 Å². The van der Waals surface area contributed by atoms with E-state index in [0.29, 0.717) is 6.54 Å². The molecule has 24 heavy (non-hydrogen) atoms. The Morgan fingerprint density at radius 1 is 1.17 bits per heavy atom. The molecule has 0 aromatic carbocycles. The molecule has 3 N–H and O–H groups in total. The summed E-state index contributed by atoms with van der Waals surface area (Å²) in [5.41, 5.74) is 6.38. The van der Waals surface area contributed by atoms with E-state index in [1.165, 1.54) is 0 Å². The van der Waals surface area contributed by atoms with Crippen molar-refractivity contribution in [3.05, 3.63) is 30.1 Å². The van der Waals surface area contributed by atoms with Gasteiger partial charge in [0.15, 0.2) is 0 Å². The molecule has 2 fully saturated rings. The molecular weight excluding hydrogens is 306 g/mol. The predicted octanol–water partition coefficient (Wildman–Crippen LogP) is 0.878. The van der Waals surface area contributed by atoms with Crippen molar-refractivity contribution in [2.24, 2.45) is 5.73 Å². The number of amides is 3. The molecule has 0 radical (unpaired) electrons. The van der Waals surface area contributed by atoms with Crippen molar-refractivity contribution in [1.82, 2.24) is 20.1 Å². The van der Waals surface area contributed by atoms with E-state index in [4.69, 9.17) is 5.73 Å². The van der Waals surface area contributed by atoms with Gasteiger partial charge in [0.25, 0.3) is 0 Å². The van der Waals surface area contributed by atoms with Crippen molar-refractivity contribution < 1.29 is 9.59 Å². The third-order valence-electron chi connectivity index (χ3n) is 4.90. The minimum absolute atomic E-state index is 0.0164. The molecule has 130 valence electrons. The van der Waals surface area contributed by atoms with Gasteiger partial charge in [0.05, 0.1) is 12.6 Å². The van der Waals surface area contributed by atoms with Gasteiger partial charge in [0.1, 0.15) is 0 Å². The Bertz CT molecular complexity index is 572. The predicted molar refractivity (Wildman–Crippen MR) is 90.1 cm³/mol. The number of hydrogen-bond acceptors (Lipinski definition) is 4. The number of nitrogens with two attached hydrogens (primary N) is 1. The molecule has 0 saturated carbocycles. The van der Waals surface area contributed by atoms with Gasteiger partial charge in [-0.05, 0) is 43.4 Å². The molecule has 0 bridgehead atoms. The van der Waals surface area contributed by atoms with Gasteiger partial charge in [0.2, 0.25) is 5.91 Å². The maximum atomic E-state index is 12.7. The number of primary amides is 1. The summed E-state index contributed by atoms with van der Waals surface area (Å²) in [6.45, 7) is 2.68. The fraction of sp³-hybridized carbons (Fsp3) is 0.588. The lowest BCUT2D eigenvalue weighted by molar-refractivity contribution is -0.119. The van der Waals surface area contributed by atoms with Crippen molar-refractivity contribution in [3.63, 3.8) is 0 Å². The Morgan fingerprint density at radius 3 is 2.54 bits per heavy atom. The first-order valence-corrected chi connectivity index (χ1v) is 8.61. The number of nitrogens with zero attached hydrogens (tertiary/aromatic N) is 3. The fourth-order valence-corrected chi connectivity index (χ4v) is 3.66. The maximum absolute atomic E-state index is 12.7. The standard InChI is InChI=1S/C17H25N5O2/c18-16(23)12-21-10-5-14(6-11-21)20-17(24)22-9-1-2-15(22)13-3-7-19-8-4-13/h3-4,7-8,14-15H,1-2,5-6,9-12H2,(H2,18,23)(H,20,24)/t15-/m1/s1. The Morgan fingerprint density at radius 2 is 1.88 bits per heavy atom. The second-order valence-corrected chi connectivity index (χ2v) is 6.60. The average Bonchev–Trinajstić information content (AvgIpc) is 3.07. The molecule has 3 rings (SSSR count). The van der Waals surface area contributed by atoms with E-state index in [1.54, 1.807) is 12.4 Å². The minimum atomic E-state index is -0.297. The molecule has 0 aliphatic carbocycles. The Labute approximate surface area is 142 Å². The van der Waals surface area contributed by atoms with Crippen molar-refractivity contribution in [2.75, 3.05) is 26.2 Å². The summed E-state index contributed by atoms with van der Waals surface area (Å²) in [5, 5.41) is 3.16. The molecule has 0 unspecified atom stereocenters. The SMILES string of the molecule is NC(=O)CN1CCC(NC(=O)N2CCC[C@@H]2c2ccncc2)CC1. The van der Waals surface area contributed by atoms with Crippen LogP contribution in [0.25, 0.3) is 0 Å². The van der Waals surface area contributed by atoms with Crippen molar-refractivity contribution in [1.29, 1.82) is 0 Å². The third kappa shape index (κ3) is 4.03. The van der Waals surface area contributed by atoms with Gasteiger partial charge in [-0.15, -0.1) is 0 Å². The Balaban J connectivity index is 1.53. The zero-order valence-electron chi connectivity index (χ0n) is 13.9. The van der Waals surface area contributed by atoms with E-state index >= 15 is 0 Å². The molecule has 3 amide bonds. The van der Waals surface area contributed by atoms with E-state index in [2.05, 4.69) is 10.3 Å². The van der Waals surface area contributed by atoms with Crippen LogP contribution in [0.3, 0.4) is 0 Å². The van der Waals surface area contributed by atoms with Gasteiger partial charge in [-0.1, -0.05) is 0 Å². The number of likely N-dealkylation sites (tertiary alicyclic amines) is 2. The first-order valence-electron chi connectivity index (χ1n) is 8.61. The normalized spacial score (nSPS) is 22.5. The monoisotopic (exact) mass is 331 g/mol. The summed E-state index contributed by atoms with van der Waals surface area (Å²) in [4.78, 5) is 31.7. The van der Waals surface area contributed by atoms with E-state index in [1.807, 2.05) is 21.9 Å². The first kappa shape index (κ1) is 16.7. The maximum Gasteiger partial charge on any atom is 0.318 e. The number of aromatic nitrogens is 1. The Hall–Kier alpha value is -2.15. The number of carbonyl (C=O) groups is 2. The summed E-state index contributed by atoms with van der Waals surface area (Å²) < 4.78 is 0. The molecule has 1 aromatic heterocycles. The van der Waals surface area contributed by atoms with Crippen LogP contribution < -0.4 is 11.1 Å². The summed E-state index contributed by atoms with van der Waals surface area (Å²) in [5.74, 6) is -0.297. The second-order valence-electron chi connectivity index (χ2n) is 6.60. The smallest absolute Gasteiger partial charge is 0.318 e. The van der Waals surface area contributed by atoms with Crippen LogP contribution in [0.15, 0.2) is 24.5 Å². The average molecular weight is 331 g/mol. The van der Waals surface area contributed by atoms with E-state index in [-0.39, 0.29) is 24.0 Å². The van der Waals surface area contributed by atoms with Crippen LogP contribution in [0.1, 0.15) is 37.3 Å². The zero-order valence-corrected chi connectivity index (χ0v) is 13.9. The van der Waals surface area contributed by atoms with Gasteiger partial charge in [0, 0.05) is 38.1 Å². The lowest BCUT2D eigenvalue weighted by atomic mass is 10.0. The topological polar surface area (TPSA) is 91.6 Å². The van der Waals surface area contributed by atoms with Crippen LogP contribution in [0, 0.1) is 0 Å². The molecule has 7 heteroatoms. The zero-order chi connectivity index (χ0) is 16.9. The molecule has 2 aliphatic heterocycles. The minimum Gasteiger partial charge on any atom is -0.369 e. The van der Waals surface area contributed by atoms with Gasteiger partial charge >= 0.3 is 6.03 Å². The van der Waals surface area contributed by atoms with Crippen LogP contribution in [-0.2, 0) is 4.79 Å². The highest BCUT2D eigenvalue weighted by Crippen LogP contribution is 2.31. The second kappa shape index (κ2) is 7.61. The molecule has 2 saturated heterocycles. The molecule has 1 atom stereocenters. The number of piperidine rings is 1. The van der Waals surface area contributed by atoms with Crippen molar-refractivity contribution in [3.8, 4) is 0 Å². The highest BCUT2D eigenvalue weighted by Gasteiger charge is 2.31. The van der Waals surface area contributed by atoms with Crippen LogP contribution in [0.2, 0.25) is 0 Å². The summed E-state index contributed by atoms with van der Waals surface area (Å²) in [6, 6.07) is 4.29. The number of rotatable bonds is 4. The summed E-state index contributed by atoms with van der Waals surface area (Å²) >= 11 is 0. The quantitative estimate of drug-likeness (QED) is 0.857. The number of nitrogens with one attached hydrogen (secondary N) is 1. The largest absolute Gasteiger partial charge is 0.369 e. The molecule has 7 nitrogen and oxygen atoms in total. The molecule has 0 spiro atoms. The fourth-order valence-electron chi connectivity index (χ4n) is 3.66.